The highest BCUT2D eigenvalue weighted by Crippen LogP contribution is 2.37. The third-order valence-corrected chi connectivity index (χ3v) is 6.09. The Kier molecular flexibility index (Phi) is 7.40. The van der Waals surface area contributed by atoms with Gasteiger partial charge in [0.15, 0.2) is 23.3 Å². The van der Waals surface area contributed by atoms with Crippen molar-refractivity contribution in [3.05, 3.63) is 56.0 Å². The SMILES string of the molecule is COc1cc(/C=C2\SC(=Nc3ccc(C(=O)O)cc3)N(C)C2=O)cc(I)c1OCC(=O)O. The topological polar surface area (TPSA) is 126 Å². The number of amidine groups is 1. The average Bonchev–Trinajstić information content (AvgIpc) is 3.00. The van der Waals surface area contributed by atoms with Crippen molar-refractivity contribution in [2.45, 2.75) is 0 Å². The maximum absolute atomic E-state index is 12.7. The molecule has 0 atom stereocenters. The third-order valence-electron chi connectivity index (χ3n) is 4.23. The number of carboxylic acid groups (broad SMARTS) is 2. The molecule has 2 N–H and O–H groups in total. The molecule has 11 heteroatoms. The molecule has 0 aliphatic carbocycles. The summed E-state index contributed by atoms with van der Waals surface area (Å²) < 4.78 is 11.3. The van der Waals surface area contributed by atoms with Crippen LogP contribution in [0.15, 0.2) is 46.3 Å². The van der Waals surface area contributed by atoms with Gasteiger partial charge in [0.25, 0.3) is 5.91 Å². The lowest BCUT2D eigenvalue weighted by Gasteiger charge is -2.12. The van der Waals surface area contributed by atoms with Gasteiger partial charge in [-0.15, -0.1) is 0 Å². The molecule has 3 rings (SSSR count). The molecule has 2 aromatic rings. The largest absolute Gasteiger partial charge is 0.493 e. The second kappa shape index (κ2) is 10.0. The second-order valence-corrected chi connectivity index (χ2v) is 8.61. The van der Waals surface area contributed by atoms with E-state index in [1.165, 1.54) is 35.9 Å². The highest BCUT2D eigenvalue weighted by Gasteiger charge is 2.30. The van der Waals surface area contributed by atoms with Crippen molar-refractivity contribution in [3.63, 3.8) is 0 Å². The highest BCUT2D eigenvalue weighted by atomic mass is 127. The normalized spacial score (nSPS) is 16.0. The molecule has 1 aliphatic rings. The van der Waals surface area contributed by atoms with E-state index in [-0.39, 0.29) is 11.5 Å². The van der Waals surface area contributed by atoms with Crippen LogP contribution in [0.25, 0.3) is 6.08 Å². The quantitative estimate of drug-likeness (QED) is 0.383. The Labute approximate surface area is 200 Å². The summed E-state index contributed by atoms with van der Waals surface area (Å²) in [5.41, 5.74) is 1.34. The van der Waals surface area contributed by atoms with E-state index < -0.39 is 18.5 Å². The number of benzene rings is 2. The number of carboxylic acids is 2. The van der Waals surface area contributed by atoms with Gasteiger partial charge < -0.3 is 19.7 Å². The summed E-state index contributed by atoms with van der Waals surface area (Å²) in [6.07, 6.45) is 1.69. The first kappa shape index (κ1) is 23.6. The van der Waals surface area contributed by atoms with Gasteiger partial charge in [0.2, 0.25) is 0 Å². The predicted octanol–water partition coefficient (Wildman–Crippen LogP) is 3.70. The molecule has 32 heavy (non-hydrogen) atoms. The smallest absolute Gasteiger partial charge is 0.341 e. The molecule has 0 spiro atoms. The van der Waals surface area contributed by atoms with Gasteiger partial charge >= 0.3 is 11.9 Å². The molecule has 0 bridgehead atoms. The fourth-order valence-corrected chi connectivity index (χ4v) is 4.46. The van der Waals surface area contributed by atoms with Crippen LogP contribution in [0.1, 0.15) is 15.9 Å². The number of hydrogen-bond acceptors (Lipinski definition) is 7. The Bertz CT molecular complexity index is 1150. The van der Waals surface area contributed by atoms with Crippen LogP contribution in [-0.2, 0) is 9.59 Å². The fourth-order valence-electron chi connectivity index (χ4n) is 2.69. The Morgan fingerprint density at radius 1 is 1.22 bits per heavy atom. The summed E-state index contributed by atoms with van der Waals surface area (Å²) in [6, 6.07) is 9.44. The zero-order valence-corrected chi connectivity index (χ0v) is 19.8. The van der Waals surface area contributed by atoms with Crippen LogP contribution in [0.2, 0.25) is 0 Å². The van der Waals surface area contributed by atoms with Crippen molar-refractivity contribution in [1.29, 1.82) is 0 Å². The standard InChI is InChI=1S/C21H17IN2O7S/c1-24-19(27)16(32-21(24)23-13-5-3-12(4-6-13)20(28)29)9-11-7-14(22)18(15(8-11)30-2)31-10-17(25)26/h3-9H,10H2,1-2H3,(H,25,26)(H,28,29)/b16-9-,23-21?. The van der Waals surface area contributed by atoms with Crippen LogP contribution >= 0.6 is 34.4 Å². The zero-order chi connectivity index (χ0) is 23.4. The molecule has 0 saturated carbocycles. The van der Waals surface area contributed by atoms with Gasteiger partial charge in [-0.1, -0.05) is 0 Å². The van der Waals surface area contributed by atoms with Crippen LogP contribution < -0.4 is 9.47 Å². The minimum Gasteiger partial charge on any atom is -0.493 e. The molecule has 0 unspecified atom stereocenters. The zero-order valence-electron chi connectivity index (χ0n) is 16.9. The number of likely N-dealkylation sites (N-methyl/N-ethyl adjacent to an activating group) is 1. The molecule has 1 saturated heterocycles. The lowest BCUT2D eigenvalue weighted by Crippen LogP contribution is -2.23. The van der Waals surface area contributed by atoms with Crippen molar-refractivity contribution in [3.8, 4) is 11.5 Å². The maximum Gasteiger partial charge on any atom is 0.341 e. The number of amides is 1. The Morgan fingerprint density at radius 3 is 2.50 bits per heavy atom. The molecule has 9 nitrogen and oxygen atoms in total. The van der Waals surface area contributed by atoms with Gasteiger partial charge in [0, 0.05) is 7.05 Å². The van der Waals surface area contributed by atoms with Crippen molar-refractivity contribution < 1.29 is 34.1 Å². The molecular formula is C21H17IN2O7S. The van der Waals surface area contributed by atoms with Crippen molar-refractivity contribution >= 4 is 69.1 Å². The van der Waals surface area contributed by atoms with E-state index in [0.717, 1.165) is 0 Å². The Balaban J connectivity index is 1.87. The minimum atomic E-state index is -1.10. The summed E-state index contributed by atoms with van der Waals surface area (Å²) >= 11 is 3.19. The molecule has 166 valence electrons. The van der Waals surface area contributed by atoms with E-state index in [1.54, 1.807) is 37.4 Å². The van der Waals surface area contributed by atoms with E-state index >= 15 is 0 Å². The number of rotatable bonds is 7. The van der Waals surface area contributed by atoms with Crippen LogP contribution in [0.3, 0.4) is 0 Å². The molecular weight excluding hydrogens is 551 g/mol. The van der Waals surface area contributed by atoms with E-state index in [2.05, 4.69) is 4.99 Å². The number of ether oxygens (including phenoxy) is 2. The van der Waals surface area contributed by atoms with E-state index in [9.17, 15) is 14.4 Å². The second-order valence-electron chi connectivity index (χ2n) is 6.44. The molecule has 0 radical (unpaired) electrons. The summed E-state index contributed by atoms with van der Waals surface area (Å²) in [6.45, 7) is -0.501. The number of aliphatic imine (C=N–C) groups is 1. The maximum atomic E-state index is 12.7. The minimum absolute atomic E-state index is 0.150. The molecule has 2 aromatic carbocycles. The first-order chi connectivity index (χ1) is 15.2. The Hall–Kier alpha value is -3.06. The first-order valence-corrected chi connectivity index (χ1v) is 10.9. The molecule has 1 amide bonds. The van der Waals surface area contributed by atoms with E-state index in [0.29, 0.717) is 36.4 Å². The van der Waals surface area contributed by atoms with Gasteiger partial charge in [-0.25, -0.2) is 14.6 Å². The number of nitrogens with zero attached hydrogens (tertiary/aromatic N) is 2. The van der Waals surface area contributed by atoms with Gasteiger partial charge in [-0.05, 0) is 82.4 Å². The van der Waals surface area contributed by atoms with Crippen LogP contribution in [0, 0.1) is 3.57 Å². The fraction of sp³-hybridized carbons (Fsp3) is 0.143. The van der Waals surface area contributed by atoms with Crippen molar-refractivity contribution in [2.24, 2.45) is 4.99 Å². The van der Waals surface area contributed by atoms with E-state index in [4.69, 9.17) is 19.7 Å². The third kappa shape index (κ3) is 5.40. The van der Waals surface area contributed by atoms with Gasteiger partial charge in [-0.2, -0.15) is 0 Å². The lowest BCUT2D eigenvalue weighted by atomic mass is 10.2. The number of halogens is 1. The molecule has 1 aliphatic heterocycles. The molecule has 0 aromatic heterocycles. The number of carbonyl (C=O) groups excluding carboxylic acids is 1. The number of aromatic carboxylic acids is 1. The van der Waals surface area contributed by atoms with Gasteiger partial charge in [0.1, 0.15) is 0 Å². The summed E-state index contributed by atoms with van der Waals surface area (Å²) in [5.74, 6) is -1.71. The summed E-state index contributed by atoms with van der Waals surface area (Å²) in [7, 11) is 3.05. The number of carbonyl (C=O) groups is 3. The van der Waals surface area contributed by atoms with Crippen molar-refractivity contribution in [1.82, 2.24) is 4.90 Å². The summed E-state index contributed by atoms with van der Waals surface area (Å²) in [4.78, 5) is 40.8. The number of thioether (sulfide) groups is 1. The summed E-state index contributed by atoms with van der Waals surface area (Å²) in [5, 5.41) is 18.3. The van der Waals surface area contributed by atoms with Crippen LogP contribution in [0.4, 0.5) is 5.69 Å². The van der Waals surface area contributed by atoms with E-state index in [1.807, 2.05) is 22.6 Å². The number of methoxy groups -OCH3 is 1. The van der Waals surface area contributed by atoms with Gasteiger partial charge in [0.05, 0.1) is 26.8 Å². The van der Waals surface area contributed by atoms with Crippen LogP contribution in [0.5, 0.6) is 11.5 Å². The van der Waals surface area contributed by atoms with Gasteiger partial charge in [-0.3, -0.25) is 9.69 Å². The Morgan fingerprint density at radius 2 is 1.91 bits per heavy atom. The average molecular weight is 568 g/mol. The molecule has 1 heterocycles. The molecule has 1 fully saturated rings. The lowest BCUT2D eigenvalue weighted by molar-refractivity contribution is -0.139. The first-order valence-electron chi connectivity index (χ1n) is 9.01. The van der Waals surface area contributed by atoms with Crippen molar-refractivity contribution in [2.75, 3.05) is 20.8 Å². The number of aliphatic carboxylic acids is 1. The number of hydrogen-bond donors (Lipinski definition) is 2. The van der Waals surface area contributed by atoms with Crippen LogP contribution in [-0.4, -0.2) is 58.9 Å². The highest BCUT2D eigenvalue weighted by molar-refractivity contribution is 14.1. The monoisotopic (exact) mass is 568 g/mol. The predicted molar refractivity (Wildman–Crippen MR) is 128 cm³/mol.